The molecule has 0 saturated carbocycles. The highest BCUT2D eigenvalue weighted by molar-refractivity contribution is 5.80. The third-order valence-corrected chi connectivity index (χ3v) is 5.78. The first-order valence-electron chi connectivity index (χ1n) is 10.0. The zero-order chi connectivity index (χ0) is 18.5. The first-order valence-corrected chi connectivity index (χ1v) is 10.0. The number of benzene rings is 2. The molecule has 2 saturated heterocycles. The molecule has 0 atom stereocenters. The number of carbonyl (C=O) groups excluding carboxylic acids is 1. The van der Waals surface area contributed by atoms with Crippen LogP contribution in [0.2, 0.25) is 0 Å². The molecule has 27 heavy (non-hydrogen) atoms. The minimum absolute atomic E-state index is 0.0970. The number of hydrogen-bond donors (Lipinski definition) is 1. The number of rotatable bonds is 6. The van der Waals surface area contributed by atoms with Crippen LogP contribution in [-0.2, 0) is 9.53 Å². The standard InChI is InChI=1S/C23H28N2O2/c26-23(24-15-18-11-13-27-14-12-18)21-16-25(17-21)22(19-7-3-1-4-8-19)20-9-5-2-6-10-20/h1-10,18,21-22H,11-17H2,(H,24,26). The highest BCUT2D eigenvalue weighted by Gasteiger charge is 2.37. The van der Waals surface area contributed by atoms with Crippen LogP contribution in [-0.4, -0.2) is 43.7 Å². The van der Waals surface area contributed by atoms with E-state index in [0.29, 0.717) is 5.92 Å². The van der Waals surface area contributed by atoms with Gasteiger partial charge in [0.05, 0.1) is 12.0 Å². The van der Waals surface area contributed by atoms with E-state index in [9.17, 15) is 4.79 Å². The molecule has 0 aromatic heterocycles. The molecule has 142 valence electrons. The summed E-state index contributed by atoms with van der Waals surface area (Å²) < 4.78 is 5.39. The summed E-state index contributed by atoms with van der Waals surface area (Å²) in [7, 11) is 0. The number of carbonyl (C=O) groups is 1. The van der Waals surface area contributed by atoms with E-state index in [0.717, 1.165) is 45.7 Å². The Morgan fingerprint density at radius 2 is 1.52 bits per heavy atom. The van der Waals surface area contributed by atoms with E-state index in [-0.39, 0.29) is 17.9 Å². The smallest absolute Gasteiger partial charge is 0.225 e. The SMILES string of the molecule is O=C(NCC1CCOCC1)C1CN(C(c2ccccc2)c2ccccc2)C1. The van der Waals surface area contributed by atoms with Crippen molar-refractivity contribution in [2.75, 3.05) is 32.8 Å². The molecular weight excluding hydrogens is 336 g/mol. The summed E-state index contributed by atoms with van der Waals surface area (Å²) in [6, 6.07) is 21.4. The van der Waals surface area contributed by atoms with Gasteiger partial charge in [0.2, 0.25) is 5.91 Å². The van der Waals surface area contributed by atoms with Crippen molar-refractivity contribution >= 4 is 5.91 Å². The van der Waals surface area contributed by atoms with Gasteiger partial charge in [-0.3, -0.25) is 9.69 Å². The predicted octanol–water partition coefficient (Wildman–Crippen LogP) is 3.25. The van der Waals surface area contributed by atoms with Gasteiger partial charge in [-0.2, -0.15) is 0 Å². The van der Waals surface area contributed by atoms with Crippen molar-refractivity contribution < 1.29 is 9.53 Å². The Morgan fingerprint density at radius 3 is 2.07 bits per heavy atom. The van der Waals surface area contributed by atoms with Gasteiger partial charge in [-0.1, -0.05) is 60.7 Å². The molecule has 0 radical (unpaired) electrons. The second kappa shape index (κ2) is 8.68. The Bertz CT molecular complexity index is 683. The average Bonchev–Trinajstić information content (AvgIpc) is 2.70. The normalized spacial score (nSPS) is 19.0. The molecule has 4 heteroatoms. The van der Waals surface area contributed by atoms with Gasteiger partial charge in [-0.15, -0.1) is 0 Å². The van der Waals surface area contributed by atoms with E-state index in [1.165, 1.54) is 11.1 Å². The monoisotopic (exact) mass is 364 g/mol. The number of nitrogens with one attached hydrogen (secondary N) is 1. The lowest BCUT2D eigenvalue weighted by Crippen LogP contribution is -2.55. The van der Waals surface area contributed by atoms with Crippen LogP contribution in [0.5, 0.6) is 0 Å². The van der Waals surface area contributed by atoms with Crippen LogP contribution < -0.4 is 5.32 Å². The zero-order valence-electron chi connectivity index (χ0n) is 15.7. The van der Waals surface area contributed by atoms with Gasteiger partial charge < -0.3 is 10.1 Å². The van der Waals surface area contributed by atoms with Crippen LogP contribution in [0.4, 0.5) is 0 Å². The molecule has 2 aromatic carbocycles. The first-order chi connectivity index (χ1) is 13.3. The van der Waals surface area contributed by atoms with Crippen molar-refractivity contribution in [3.05, 3.63) is 71.8 Å². The average molecular weight is 364 g/mol. The number of likely N-dealkylation sites (tertiary alicyclic amines) is 1. The van der Waals surface area contributed by atoms with Gasteiger partial charge >= 0.3 is 0 Å². The molecule has 2 aliphatic rings. The van der Waals surface area contributed by atoms with Crippen LogP contribution in [0.25, 0.3) is 0 Å². The van der Waals surface area contributed by atoms with Gasteiger partial charge in [0, 0.05) is 32.8 Å². The number of amides is 1. The molecule has 2 fully saturated rings. The van der Waals surface area contributed by atoms with E-state index in [4.69, 9.17) is 4.74 Å². The topological polar surface area (TPSA) is 41.6 Å². The molecule has 1 N–H and O–H groups in total. The Labute approximate surface area is 161 Å². The summed E-state index contributed by atoms with van der Waals surface area (Å²) in [6.45, 7) is 4.07. The summed E-state index contributed by atoms with van der Waals surface area (Å²) >= 11 is 0. The molecule has 1 amide bonds. The lowest BCUT2D eigenvalue weighted by molar-refractivity contribution is -0.131. The summed E-state index contributed by atoms with van der Waals surface area (Å²) in [4.78, 5) is 14.9. The molecule has 4 rings (SSSR count). The minimum atomic E-state index is 0.0970. The maximum absolute atomic E-state index is 12.5. The Hall–Kier alpha value is -2.17. The van der Waals surface area contributed by atoms with Crippen molar-refractivity contribution in [3.63, 3.8) is 0 Å². The Morgan fingerprint density at radius 1 is 0.963 bits per heavy atom. The quantitative estimate of drug-likeness (QED) is 0.855. The zero-order valence-corrected chi connectivity index (χ0v) is 15.7. The fraction of sp³-hybridized carbons (Fsp3) is 0.435. The fourth-order valence-electron chi connectivity index (χ4n) is 4.11. The maximum atomic E-state index is 12.5. The van der Waals surface area contributed by atoms with E-state index in [1.807, 2.05) is 12.1 Å². The van der Waals surface area contributed by atoms with Crippen molar-refractivity contribution in [3.8, 4) is 0 Å². The highest BCUT2D eigenvalue weighted by Crippen LogP contribution is 2.34. The van der Waals surface area contributed by atoms with Crippen LogP contribution in [0.3, 0.4) is 0 Å². The summed E-state index contributed by atoms with van der Waals surface area (Å²) in [5.74, 6) is 0.873. The number of hydrogen-bond acceptors (Lipinski definition) is 3. The van der Waals surface area contributed by atoms with Crippen LogP contribution >= 0.6 is 0 Å². The first kappa shape index (κ1) is 18.2. The van der Waals surface area contributed by atoms with Crippen LogP contribution in [0.15, 0.2) is 60.7 Å². The van der Waals surface area contributed by atoms with Gasteiger partial charge in [0.15, 0.2) is 0 Å². The second-order valence-electron chi connectivity index (χ2n) is 7.68. The van der Waals surface area contributed by atoms with E-state index >= 15 is 0 Å². The molecule has 4 nitrogen and oxygen atoms in total. The molecule has 2 heterocycles. The maximum Gasteiger partial charge on any atom is 0.225 e. The number of ether oxygens (including phenoxy) is 1. The third kappa shape index (κ3) is 4.40. The lowest BCUT2D eigenvalue weighted by Gasteiger charge is -2.44. The van der Waals surface area contributed by atoms with E-state index < -0.39 is 0 Å². The Balaban J connectivity index is 1.36. The van der Waals surface area contributed by atoms with Crippen LogP contribution in [0.1, 0.15) is 30.0 Å². The van der Waals surface area contributed by atoms with Gasteiger partial charge in [0.1, 0.15) is 0 Å². The van der Waals surface area contributed by atoms with Gasteiger partial charge in [0.25, 0.3) is 0 Å². The van der Waals surface area contributed by atoms with Crippen LogP contribution in [0, 0.1) is 11.8 Å². The largest absolute Gasteiger partial charge is 0.381 e. The van der Waals surface area contributed by atoms with E-state index in [1.54, 1.807) is 0 Å². The van der Waals surface area contributed by atoms with Crippen molar-refractivity contribution in [1.29, 1.82) is 0 Å². The molecular formula is C23H28N2O2. The molecule has 0 bridgehead atoms. The number of nitrogens with zero attached hydrogens (tertiary/aromatic N) is 1. The molecule has 2 aromatic rings. The predicted molar refractivity (Wildman–Crippen MR) is 106 cm³/mol. The van der Waals surface area contributed by atoms with Crippen molar-refractivity contribution in [2.45, 2.75) is 18.9 Å². The minimum Gasteiger partial charge on any atom is -0.381 e. The third-order valence-electron chi connectivity index (χ3n) is 5.78. The van der Waals surface area contributed by atoms with Gasteiger partial charge in [-0.25, -0.2) is 0 Å². The second-order valence-corrected chi connectivity index (χ2v) is 7.68. The van der Waals surface area contributed by atoms with E-state index in [2.05, 4.69) is 58.7 Å². The summed E-state index contributed by atoms with van der Waals surface area (Å²) in [5.41, 5.74) is 2.56. The molecule has 0 aliphatic carbocycles. The molecule has 0 unspecified atom stereocenters. The molecule has 0 spiro atoms. The lowest BCUT2D eigenvalue weighted by atomic mass is 9.89. The highest BCUT2D eigenvalue weighted by atomic mass is 16.5. The summed E-state index contributed by atoms with van der Waals surface area (Å²) in [5, 5.41) is 3.17. The summed E-state index contributed by atoms with van der Waals surface area (Å²) in [6.07, 6.45) is 2.11. The van der Waals surface area contributed by atoms with Gasteiger partial charge in [-0.05, 0) is 29.9 Å². The Kier molecular flexibility index (Phi) is 5.85. The van der Waals surface area contributed by atoms with Crippen molar-refractivity contribution in [1.82, 2.24) is 10.2 Å². The van der Waals surface area contributed by atoms with Crippen molar-refractivity contribution in [2.24, 2.45) is 11.8 Å². The fourth-order valence-corrected chi connectivity index (χ4v) is 4.11. The molecule has 2 aliphatic heterocycles.